The lowest BCUT2D eigenvalue weighted by Crippen LogP contribution is -2.48. The van der Waals surface area contributed by atoms with Gasteiger partial charge in [-0.3, -0.25) is 4.79 Å². The first-order valence-electron chi connectivity index (χ1n) is 5.45. The molecule has 2 aliphatic rings. The van der Waals surface area contributed by atoms with Crippen LogP contribution in [0.1, 0.15) is 12.8 Å². The van der Waals surface area contributed by atoms with Crippen molar-refractivity contribution in [3.63, 3.8) is 0 Å². The van der Waals surface area contributed by atoms with Crippen LogP contribution in [0.15, 0.2) is 0 Å². The fourth-order valence-corrected chi connectivity index (χ4v) is 3.19. The predicted molar refractivity (Wildman–Crippen MR) is 66.7 cm³/mol. The first-order valence-corrected chi connectivity index (χ1v) is 6.60. The zero-order valence-electron chi connectivity index (χ0n) is 8.91. The second-order valence-corrected chi connectivity index (χ2v) is 5.19. The maximum Gasteiger partial charge on any atom is 0.225 e. The van der Waals surface area contributed by atoms with Crippen molar-refractivity contribution in [2.24, 2.45) is 5.92 Å². The minimum atomic E-state index is 0. The number of rotatable bonds is 1. The Labute approximate surface area is 102 Å². The van der Waals surface area contributed by atoms with Gasteiger partial charge in [0.25, 0.3) is 0 Å². The van der Waals surface area contributed by atoms with Gasteiger partial charge in [-0.15, -0.1) is 12.4 Å². The molecule has 3 nitrogen and oxygen atoms in total. The monoisotopic (exact) mass is 250 g/mol. The molecule has 2 fully saturated rings. The van der Waals surface area contributed by atoms with Crippen molar-refractivity contribution < 1.29 is 4.79 Å². The minimum absolute atomic E-state index is 0. The second kappa shape index (κ2) is 6.61. The molecule has 1 amide bonds. The number of amides is 1. The van der Waals surface area contributed by atoms with Gasteiger partial charge in [0.2, 0.25) is 5.91 Å². The first-order chi connectivity index (χ1) is 6.88. The number of piperazine rings is 1. The third-order valence-electron chi connectivity index (χ3n) is 3.00. The van der Waals surface area contributed by atoms with Crippen molar-refractivity contribution in [2.75, 3.05) is 37.7 Å². The van der Waals surface area contributed by atoms with E-state index in [9.17, 15) is 4.79 Å². The molecule has 0 saturated carbocycles. The van der Waals surface area contributed by atoms with Crippen LogP contribution < -0.4 is 5.32 Å². The molecule has 5 heteroatoms. The SMILES string of the molecule is Cl.O=C(C1CCSCC1)N1CCNCC1. The maximum absolute atomic E-state index is 12.0. The summed E-state index contributed by atoms with van der Waals surface area (Å²) in [6, 6.07) is 0. The van der Waals surface area contributed by atoms with Gasteiger partial charge in [-0.2, -0.15) is 11.8 Å². The summed E-state index contributed by atoms with van der Waals surface area (Å²) in [7, 11) is 0. The standard InChI is InChI=1S/C10H18N2OS.ClH/c13-10(9-1-7-14-8-2-9)12-5-3-11-4-6-12;/h9,11H,1-8H2;1H. The van der Waals surface area contributed by atoms with Gasteiger partial charge in [0.15, 0.2) is 0 Å². The first kappa shape index (κ1) is 13.1. The van der Waals surface area contributed by atoms with Gasteiger partial charge in [-0.1, -0.05) is 0 Å². The molecule has 0 aromatic rings. The van der Waals surface area contributed by atoms with Crippen LogP contribution in [0.25, 0.3) is 0 Å². The van der Waals surface area contributed by atoms with E-state index in [0.29, 0.717) is 11.8 Å². The fraction of sp³-hybridized carbons (Fsp3) is 0.900. The number of halogens is 1. The fourth-order valence-electron chi connectivity index (χ4n) is 2.09. The molecular weight excluding hydrogens is 232 g/mol. The van der Waals surface area contributed by atoms with Crippen molar-refractivity contribution >= 4 is 30.1 Å². The topological polar surface area (TPSA) is 32.3 Å². The van der Waals surface area contributed by atoms with Crippen LogP contribution in [-0.2, 0) is 4.79 Å². The molecule has 88 valence electrons. The van der Waals surface area contributed by atoms with Gasteiger partial charge < -0.3 is 10.2 Å². The Kier molecular flexibility index (Phi) is 5.79. The van der Waals surface area contributed by atoms with E-state index in [-0.39, 0.29) is 12.4 Å². The molecule has 0 unspecified atom stereocenters. The minimum Gasteiger partial charge on any atom is -0.340 e. The highest BCUT2D eigenvalue weighted by molar-refractivity contribution is 7.99. The number of nitrogens with one attached hydrogen (secondary N) is 1. The maximum atomic E-state index is 12.0. The molecule has 15 heavy (non-hydrogen) atoms. The molecule has 0 bridgehead atoms. The van der Waals surface area contributed by atoms with E-state index < -0.39 is 0 Å². The number of hydrogen-bond donors (Lipinski definition) is 1. The average molecular weight is 251 g/mol. The van der Waals surface area contributed by atoms with Crippen LogP contribution >= 0.6 is 24.2 Å². The Hall–Kier alpha value is 0.0700. The Balaban J connectivity index is 0.00000112. The van der Waals surface area contributed by atoms with Crippen LogP contribution in [0, 0.1) is 5.92 Å². The highest BCUT2D eigenvalue weighted by atomic mass is 35.5. The number of carbonyl (C=O) groups excluding carboxylic acids is 1. The van der Waals surface area contributed by atoms with Crippen LogP contribution in [0.4, 0.5) is 0 Å². The summed E-state index contributed by atoms with van der Waals surface area (Å²) in [4.78, 5) is 14.1. The summed E-state index contributed by atoms with van der Waals surface area (Å²) in [5.74, 6) is 3.08. The van der Waals surface area contributed by atoms with Gasteiger partial charge in [-0.05, 0) is 24.3 Å². The van der Waals surface area contributed by atoms with E-state index in [1.54, 1.807) is 0 Å². The molecular formula is C10H19ClN2OS. The van der Waals surface area contributed by atoms with E-state index >= 15 is 0 Å². The highest BCUT2D eigenvalue weighted by Crippen LogP contribution is 2.24. The largest absolute Gasteiger partial charge is 0.340 e. The van der Waals surface area contributed by atoms with Crippen LogP contribution in [0.2, 0.25) is 0 Å². The van der Waals surface area contributed by atoms with Gasteiger partial charge in [0, 0.05) is 32.1 Å². The van der Waals surface area contributed by atoms with Crippen LogP contribution in [0.3, 0.4) is 0 Å². The zero-order chi connectivity index (χ0) is 9.80. The number of carbonyl (C=O) groups is 1. The van der Waals surface area contributed by atoms with E-state index in [1.165, 1.54) is 11.5 Å². The zero-order valence-corrected chi connectivity index (χ0v) is 10.5. The second-order valence-electron chi connectivity index (χ2n) is 3.96. The van der Waals surface area contributed by atoms with Gasteiger partial charge in [0.05, 0.1) is 0 Å². The summed E-state index contributed by atoms with van der Waals surface area (Å²) in [6.45, 7) is 3.74. The third kappa shape index (κ3) is 3.54. The molecule has 2 rings (SSSR count). The van der Waals surface area contributed by atoms with E-state index in [4.69, 9.17) is 0 Å². The highest BCUT2D eigenvalue weighted by Gasteiger charge is 2.26. The molecule has 0 aromatic heterocycles. The molecule has 0 aliphatic carbocycles. The van der Waals surface area contributed by atoms with Gasteiger partial charge in [-0.25, -0.2) is 0 Å². The number of thioether (sulfide) groups is 1. The Morgan fingerprint density at radius 1 is 1.20 bits per heavy atom. The van der Waals surface area contributed by atoms with E-state index in [2.05, 4.69) is 5.32 Å². The van der Waals surface area contributed by atoms with Crippen molar-refractivity contribution in [2.45, 2.75) is 12.8 Å². The van der Waals surface area contributed by atoms with E-state index in [1.807, 2.05) is 16.7 Å². The molecule has 0 aromatic carbocycles. The predicted octanol–water partition coefficient (Wildman–Crippen LogP) is 0.983. The summed E-state index contributed by atoms with van der Waals surface area (Å²) in [5.41, 5.74) is 0. The lowest BCUT2D eigenvalue weighted by molar-refractivity contribution is -0.136. The van der Waals surface area contributed by atoms with Crippen molar-refractivity contribution in [1.29, 1.82) is 0 Å². The molecule has 0 radical (unpaired) electrons. The molecule has 2 aliphatic heterocycles. The summed E-state index contributed by atoms with van der Waals surface area (Å²) < 4.78 is 0. The lowest BCUT2D eigenvalue weighted by atomic mass is 10.0. The van der Waals surface area contributed by atoms with Crippen molar-refractivity contribution in [1.82, 2.24) is 10.2 Å². The molecule has 1 N–H and O–H groups in total. The number of nitrogens with zero attached hydrogens (tertiary/aromatic N) is 1. The molecule has 0 spiro atoms. The third-order valence-corrected chi connectivity index (χ3v) is 4.05. The Morgan fingerprint density at radius 2 is 1.80 bits per heavy atom. The smallest absolute Gasteiger partial charge is 0.225 e. The lowest BCUT2D eigenvalue weighted by Gasteiger charge is -2.32. The van der Waals surface area contributed by atoms with Gasteiger partial charge >= 0.3 is 0 Å². The van der Waals surface area contributed by atoms with Crippen molar-refractivity contribution in [3.8, 4) is 0 Å². The summed E-state index contributed by atoms with van der Waals surface area (Å²) in [5, 5.41) is 3.27. The summed E-state index contributed by atoms with van der Waals surface area (Å²) in [6.07, 6.45) is 2.18. The average Bonchev–Trinajstić information content (AvgIpc) is 2.30. The van der Waals surface area contributed by atoms with Crippen LogP contribution in [0.5, 0.6) is 0 Å². The Bertz CT molecular complexity index is 184. The molecule has 2 heterocycles. The van der Waals surface area contributed by atoms with E-state index in [0.717, 1.165) is 39.0 Å². The summed E-state index contributed by atoms with van der Waals surface area (Å²) >= 11 is 1.98. The van der Waals surface area contributed by atoms with Gasteiger partial charge in [0.1, 0.15) is 0 Å². The van der Waals surface area contributed by atoms with Crippen molar-refractivity contribution in [3.05, 3.63) is 0 Å². The Morgan fingerprint density at radius 3 is 2.40 bits per heavy atom. The molecule has 2 saturated heterocycles. The molecule has 0 atom stereocenters. The quantitative estimate of drug-likeness (QED) is 0.753. The number of hydrogen-bond acceptors (Lipinski definition) is 3. The van der Waals surface area contributed by atoms with Crippen LogP contribution in [-0.4, -0.2) is 48.5 Å². The normalized spacial score (nSPS) is 23.3.